The largest absolute Gasteiger partial charge is 0.324 e. The highest BCUT2D eigenvalue weighted by Crippen LogP contribution is 2.28. The van der Waals surface area contributed by atoms with Gasteiger partial charge in [-0.3, -0.25) is 4.98 Å². The zero-order chi connectivity index (χ0) is 13.2. The summed E-state index contributed by atoms with van der Waals surface area (Å²) in [6.45, 7) is 1.99. The lowest BCUT2D eigenvalue weighted by Crippen LogP contribution is -2.04. The summed E-state index contributed by atoms with van der Waals surface area (Å²) in [6, 6.07) is 16.8. The lowest BCUT2D eigenvalue weighted by molar-refractivity contribution is 0.818. The first-order valence-corrected chi connectivity index (χ1v) is 6.44. The summed E-state index contributed by atoms with van der Waals surface area (Å²) in [5, 5.41) is 2.39. The van der Waals surface area contributed by atoms with E-state index in [2.05, 4.69) is 47.4 Å². The predicted octanol–water partition coefficient (Wildman–Crippen LogP) is 3.92. The highest BCUT2D eigenvalue weighted by atomic mass is 14.6. The molecule has 1 aromatic heterocycles. The molecule has 0 saturated heterocycles. The van der Waals surface area contributed by atoms with E-state index >= 15 is 0 Å². The number of hydrogen-bond donors (Lipinski definition) is 1. The van der Waals surface area contributed by atoms with Crippen LogP contribution in [-0.2, 0) is 0 Å². The van der Waals surface area contributed by atoms with Crippen LogP contribution in [0.2, 0.25) is 0 Å². The van der Waals surface area contributed by atoms with Gasteiger partial charge in [-0.2, -0.15) is 0 Å². The monoisotopic (exact) mass is 248 g/mol. The van der Waals surface area contributed by atoms with Crippen molar-refractivity contribution in [2.75, 3.05) is 0 Å². The fourth-order valence-electron chi connectivity index (χ4n) is 2.31. The number of pyridine rings is 1. The molecule has 19 heavy (non-hydrogen) atoms. The highest BCUT2D eigenvalue weighted by molar-refractivity contribution is 5.95. The van der Waals surface area contributed by atoms with Crippen molar-refractivity contribution in [3.8, 4) is 11.1 Å². The van der Waals surface area contributed by atoms with Gasteiger partial charge in [-0.1, -0.05) is 48.5 Å². The van der Waals surface area contributed by atoms with Gasteiger partial charge in [0.1, 0.15) is 0 Å². The number of rotatable bonds is 2. The maximum atomic E-state index is 5.88. The molecule has 0 amide bonds. The van der Waals surface area contributed by atoms with Gasteiger partial charge in [0.25, 0.3) is 0 Å². The summed E-state index contributed by atoms with van der Waals surface area (Å²) in [5.74, 6) is 0. The van der Waals surface area contributed by atoms with Crippen molar-refractivity contribution in [3.63, 3.8) is 0 Å². The molecule has 0 saturated carbocycles. The number of aromatic nitrogens is 1. The minimum atomic E-state index is 0.0692. The van der Waals surface area contributed by atoms with Gasteiger partial charge >= 0.3 is 0 Å². The van der Waals surface area contributed by atoms with Crippen molar-refractivity contribution >= 4 is 10.8 Å². The molecule has 2 N–H and O–H groups in total. The molecule has 0 fully saturated rings. The molecule has 0 aliphatic carbocycles. The Bertz CT molecular complexity index is 695. The van der Waals surface area contributed by atoms with Crippen molar-refractivity contribution in [2.45, 2.75) is 13.0 Å². The molecular weight excluding hydrogens is 232 g/mol. The Labute approximate surface area is 112 Å². The van der Waals surface area contributed by atoms with Gasteiger partial charge < -0.3 is 5.73 Å². The average molecular weight is 248 g/mol. The number of hydrogen-bond acceptors (Lipinski definition) is 2. The molecule has 94 valence electrons. The van der Waals surface area contributed by atoms with Crippen LogP contribution >= 0.6 is 0 Å². The van der Waals surface area contributed by atoms with Gasteiger partial charge in [0, 0.05) is 29.4 Å². The van der Waals surface area contributed by atoms with Crippen molar-refractivity contribution in [3.05, 3.63) is 66.5 Å². The molecule has 0 bridgehead atoms. The zero-order valence-electron chi connectivity index (χ0n) is 10.9. The molecular formula is C17H16N2. The molecule has 3 rings (SSSR count). The van der Waals surface area contributed by atoms with Crippen molar-refractivity contribution in [1.82, 2.24) is 4.98 Å². The minimum Gasteiger partial charge on any atom is -0.324 e. The Hall–Kier alpha value is -2.19. The number of fused-ring (bicyclic) bond motifs is 1. The molecule has 2 heteroatoms. The van der Waals surface area contributed by atoms with Crippen LogP contribution in [0.25, 0.3) is 21.9 Å². The Morgan fingerprint density at radius 1 is 0.947 bits per heavy atom. The third-order valence-electron chi connectivity index (χ3n) is 3.42. The molecule has 1 heterocycles. The third-order valence-corrected chi connectivity index (χ3v) is 3.42. The number of nitrogens with two attached hydrogens (primary N) is 1. The summed E-state index contributed by atoms with van der Waals surface area (Å²) in [5.41, 5.74) is 9.37. The normalized spacial score (nSPS) is 12.5. The standard InChI is InChI=1S/C17H16N2/c1-12(18)13-6-8-14(9-7-13)17-11-19-10-15-4-2-3-5-16(15)17/h2-12H,18H2,1H3. The van der Waals surface area contributed by atoms with Crippen LogP contribution in [0.4, 0.5) is 0 Å². The number of benzene rings is 2. The molecule has 1 unspecified atom stereocenters. The SMILES string of the molecule is CC(N)c1ccc(-c2cncc3ccccc23)cc1. The van der Waals surface area contributed by atoms with E-state index < -0.39 is 0 Å². The van der Waals surface area contributed by atoms with Gasteiger partial charge in [-0.15, -0.1) is 0 Å². The molecule has 2 nitrogen and oxygen atoms in total. The first kappa shape index (κ1) is 11.9. The Balaban J connectivity index is 2.14. The van der Waals surface area contributed by atoms with E-state index in [-0.39, 0.29) is 6.04 Å². The Morgan fingerprint density at radius 2 is 1.68 bits per heavy atom. The second kappa shape index (κ2) is 4.82. The second-order valence-corrected chi connectivity index (χ2v) is 4.82. The van der Waals surface area contributed by atoms with Crippen LogP contribution < -0.4 is 5.73 Å². The van der Waals surface area contributed by atoms with E-state index in [1.807, 2.05) is 25.4 Å². The smallest absolute Gasteiger partial charge is 0.0352 e. The molecule has 0 aliphatic rings. The van der Waals surface area contributed by atoms with Crippen LogP contribution in [0.3, 0.4) is 0 Å². The summed E-state index contributed by atoms with van der Waals surface area (Å²) in [4.78, 5) is 4.32. The number of nitrogens with zero attached hydrogens (tertiary/aromatic N) is 1. The van der Waals surface area contributed by atoms with E-state index in [0.29, 0.717) is 0 Å². The molecule has 3 aromatic rings. The highest BCUT2D eigenvalue weighted by Gasteiger charge is 2.05. The summed E-state index contributed by atoms with van der Waals surface area (Å²) in [6.07, 6.45) is 3.82. The first-order valence-electron chi connectivity index (χ1n) is 6.44. The lowest BCUT2D eigenvalue weighted by Gasteiger charge is -2.09. The van der Waals surface area contributed by atoms with Crippen LogP contribution in [0, 0.1) is 0 Å². The molecule has 1 atom stereocenters. The predicted molar refractivity (Wildman–Crippen MR) is 79.8 cm³/mol. The van der Waals surface area contributed by atoms with Gasteiger partial charge in [-0.25, -0.2) is 0 Å². The van der Waals surface area contributed by atoms with E-state index in [0.717, 1.165) is 16.5 Å². The van der Waals surface area contributed by atoms with Crippen LogP contribution in [0.5, 0.6) is 0 Å². The van der Waals surface area contributed by atoms with Crippen LogP contribution in [0.1, 0.15) is 18.5 Å². The fourth-order valence-corrected chi connectivity index (χ4v) is 2.31. The minimum absolute atomic E-state index is 0.0692. The van der Waals surface area contributed by atoms with E-state index in [9.17, 15) is 0 Å². The van der Waals surface area contributed by atoms with Gasteiger partial charge in [0.15, 0.2) is 0 Å². The maximum Gasteiger partial charge on any atom is 0.0352 e. The molecule has 2 aromatic carbocycles. The third kappa shape index (κ3) is 2.23. The fraction of sp³-hybridized carbons (Fsp3) is 0.118. The molecule has 0 aliphatic heterocycles. The topological polar surface area (TPSA) is 38.9 Å². The van der Waals surface area contributed by atoms with Crippen molar-refractivity contribution < 1.29 is 0 Å². The summed E-state index contributed by atoms with van der Waals surface area (Å²) in [7, 11) is 0. The van der Waals surface area contributed by atoms with Crippen molar-refractivity contribution in [1.29, 1.82) is 0 Å². The Kier molecular flexibility index (Phi) is 3.02. The van der Waals surface area contributed by atoms with Crippen LogP contribution in [-0.4, -0.2) is 4.98 Å². The maximum absolute atomic E-state index is 5.88. The van der Waals surface area contributed by atoms with E-state index in [1.165, 1.54) is 10.9 Å². The van der Waals surface area contributed by atoms with E-state index in [4.69, 9.17) is 5.73 Å². The first-order chi connectivity index (χ1) is 9.25. The quantitative estimate of drug-likeness (QED) is 0.746. The summed E-state index contributed by atoms with van der Waals surface area (Å²) >= 11 is 0. The lowest BCUT2D eigenvalue weighted by atomic mass is 9.99. The second-order valence-electron chi connectivity index (χ2n) is 4.82. The van der Waals surface area contributed by atoms with Crippen LogP contribution in [0.15, 0.2) is 60.9 Å². The molecule has 0 spiro atoms. The van der Waals surface area contributed by atoms with Gasteiger partial charge in [0.2, 0.25) is 0 Å². The van der Waals surface area contributed by atoms with Gasteiger partial charge in [0.05, 0.1) is 0 Å². The zero-order valence-corrected chi connectivity index (χ0v) is 10.9. The molecule has 0 radical (unpaired) electrons. The Morgan fingerprint density at radius 3 is 2.42 bits per heavy atom. The van der Waals surface area contributed by atoms with E-state index in [1.54, 1.807) is 0 Å². The van der Waals surface area contributed by atoms with Gasteiger partial charge in [-0.05, 0) is 23.4 Å². The average Bonchev–Trinajstić information content (AvgIpc) is 2.47. The van der Waals surface area contributed by atoms with Crippen molar-refractivity contribution in [2.24, 2.45) is 5.73 Å². The summed E-state index contributed by atoms with van der Waals surface area (Å²) < 4.78 is 0.